The highest BCUT2D eigenvalue weighted by Crippen LogP contribution is 2.31. The number of hydrogen-bond donors (Lipinski definition) is 1. The number of aromatic nitrogens is 2. The summed E-state index contributed by atoms with van der Waals surface area (Å²) in [5.41, 5.74) is 1.63. The molecule has 150 valence electrons. The molecular formula is C20H17F2N3O3S. The Morgan fingerprint density at radius 2 is 1.76 bits per heavy atom. The second-order valence-corrected chi connectivity index (χ2v) is 6.79. The van der Waals surface area contributed by atoms with Crippen molar-refractivity contribution in [3.63, 3.8) is 0 Å². The van der Waals surface area contributed by atoms with Gasteiger partial charge in [-0.1, -0.05) is 11.8 Å². The van der Waals surface area contributed by atoms with Gasteiger partial charge in [0.2, 0.25) is 5.91 Å². The topological polar surface area (TPSA) is 73.3 Å². The number of benzene rings is 2. The van der Waals surface area contributed by atoms with E-state index in [9.17, 15) is 13.6 Å². The average molecular weight is 417 g/mol. The van der Waals surface area contributed by atoms with E-state index in [2.05, 4.69) is 15.5 Å². The minimum Gasteiger partial charge on any atom is -0.493 e. The van der Waals surface area contributed by atoms with Crippen LogP contribution in [0, 0.1) is 11.6 Å². The first kappa shape index (κ1) is 20.5. The van der Waals surface area contributed by atoms with E-state index >= 15 is 0 Å². The van der Waals surface area contributed by atoms with Crippen molar-refractivity contribution in [2.24, 2.45) is 0 Å². The first-order valence-corrected chi connectivity index (χ1v) is 9.42. The van der Waals surface area contributed by atoms with Crippen molar-refractivity contribution < 1.29 is 23.0 Å². The van der Waals surface area contributed by atoms with Gasteiger partial charge in [-0.2, -0.15) is 0 Å². The molecule has 0 saturated carbocycles. The third-order valence-electron chi connectivity index (χ3n) is 3.87. The summed E-state index contributed by atoms with van der Waals surface area (Å²) in [5.74, 6) is -1.12. The molecule has 3 aromatic rings. The third-order valence-corrected chi connectivity index (χ3v) is 4.79. The zero-order valence-electron chi connectivity index (χ0n) is 15.6. The standard InChI is InChI=1S/C20H17F2N3O3S/c1-27-17-7-3-12(9-18(17)28-2)16-6-8-20(25-24-16)29-11-19(26)23-13-4-5-14(21)15(22)10-13/h3-10H,11H2,1-2H3,(H,23,26). The lowest BCUT2D eigenvalue weighted by Crippen LogP contribution is -2.14. The maximum absolute atomic E-state index is 13.2. The minimum atomic E-state index is -1.02. The number of ether oxygens (including phenoxy) is 2. The molecule has 1 amide bonds. The fraction of sp³-hybridized carbons (Fsp3) is 0.150. The zero-order valence-corrected chi connectivity index (χ0v) is 16.4. The summed E-state index contributed by atoms with van der Waals surface area (Å²) >= 11 is 1.17. The molecule has 0 unspecified atom stereocenters. The van der Waals surface area contributed by atoms with E-state index in [0.29, 0.717) is 22.2 Å². The van der Waals surface area contributed by atoms with Crippen LogP contribution in [0.15, 0.2) is 53.6 Å². The molecule has 3 rings (SSSR count). The molecule has 0 atom stereocenters. The van der Waals surface area contributed by atoms with Gasteiger partial charge in [0.05, 0.1) is 25.7 Å². The predicted octanol–water partition coefficient (Wildman–Crippen LogP) is 4.17. The van der Waals surface area contributed by atoms with Crippen molar-refractivity contribution >= 4 is 23.4 Å². The van der Waals surface area contributed by atoms with Gasteiger partial charge in [0.15, 0.2) is 23.1 Å². The second-order valence-electron chi connectivity index (χ2n) is 5.79. The van der Waals surface area contributed by atoms with Gasteiger partial charge >= 0.3 is 0 Å². The predicted molar refractivity (Wildman–Crippen MR) is 106 cm³/mol. The Morgan fingerprint density at radius 1 is 0.966 bits per heavy atom. The molecule has 2 aromatic carbocycles. The van der Waals surface area contributed by atoms with Crippen molar-refractivity contribution in [2.45, 2.75) is 5.03 Å². The van der Waals surface area contributed by atoms with Crippen molar-refractivity contribution in [2.75, 3.05) is 25.3 Å². The maximum atomic E-state index is 13.2. The molecule has 0 aliphatic carbocycles. The van der Waals surface area contributed by atoms with Crippen LogP contribution in [0.5, 0.6) is 11.5 Å². The van der Waals surface area contributed by atoms with Crippen LogP contribution >= 0.6 is 11.8 Å². The lowest BCUT2D eigenvalue weighted by Gasteiger charge is -2.09. The Hall–Kier alpha value is -3.20. The van der Waals surface area contributed by atoms with Crippen molar-refractivity contribution in [1.82, 2.24) is 10.2 Å². The summed E-state index contributed by atoms with van der Waals surface area (Å²) in [6.07, 6.45) is 0. The summed E-state index contributed by atoms with van der Waals surface area (Å²) in [5, 5.41) is 11.3. The summed E-state index contributed by atoms with van der Waals surface area (Å²) in [7, 11) is 3.12. The van der Waals surface area contributed by atoms with E-state index in [1.54, 1.807) is 38.5 Å². The number of nitrogens with one attached hydrogen (secondary N) is 1. The number of hydrogen-bond acceptors (Lipinski definition) is 6. The number of nitrogens with zero attached hydrogens (tertiary/aromatic N) is 2. The van der Waals surface area contributed by atoms with Crippen molar-refractivity contribution in [3.8, 4) is 22.8 Å². The molecule has 29 heavy (non-hydrogen) atoms. The summed E-state index contributed by atoms with van der Waals surface area (Å²) in [6, 6.07) is 12.1. The maximum Gasteiger partial charge on any atom is 0.234 e. The van der Waals surface area contributed by atoms with Crippen LogP contribution in [0.3, 0.4) is 0 Å². The normalized spacial score (nSPS) is 10.5. The van der Waals surface area contributed by atoms with Gasteiger partial charge in [-0.05, 0) is 42.5 Å². The Morgan fingerprint density at radius 3 is 2.41 bits per heavy atom. The van der Waals surface area contributed by atoms with Crippen LogP contribution < -0.4 is 14.8 Å². The molecular weight excluding hydrogens is 400 g/mol. The number of carbonyl (C=O) groups is 1. The summed E-state index contributed by atoms with van der Waals surface area (Å²) in [4.78, 5) is 12.0. The van der Waals surface area contributed by atoms with E-state index in [1.165, 1.54) is 17.8 Å². The molecule has 0 saturated heterocycles. The first-order valence-electron chi connectivity index (χ1n) is 8.44. The smallest absolute Gasteiger partial charge is 0.234 e. The number of methoxy groups -OCH3 is 2. The summed E-state index contributed by atoms with van der Waals surface area (Å²) in [6.45, 7) is 0. The molecule has 1 aromatic heterocycles. The van der Waals surface area contributed by atoms with Crippen LogP contribution in [0.2, 0.25) is 0 Å². The van der Waals surface area contributed by atoms with E-state index in [-0.39, 0.29) is 17.3 Å². The number of carbonyl (C=O) groups excluding carboxylic acids is 1. The molecule has 0 fully saturated rings. The first-order chi connectivity index (χ1) is 14.0. The Labute approximate surface area is 170 Å². The Balaban J connectivity index is 1.60. The van der Waals surface area contributed by atoms with Crippen LogP contribution in [-0.4, -0.2) is 36.1 Å². The van der Waals surface area contributed by atoms with Crippen LogP contribution in [0.25, 0.3) is 11.3 Å². The average Bonchev–Trinajstić information content (AvgIpc) is 2.74. The second kappa shape index (κ2) is 9.33. The molecule has 1 heterocycles. The van der Waals surface area contributed by atoms with Gasteiger partial charge in [-0.15, -0.1) is 10.2 Å². The van der Waals surface area contributed by atoms with Gasteiger partial charge in [-0.25, -0.2) is 8.78 Å². The molecule has 0 bridgehead atoms. The quantitative estimate of drug-likeness (QED) is 0.582. The molecule has 6 nitrogen and oxygen atoms in total. The highest BCUT2D eigenvalue weighted by Gasteiger charge is 2.10. The number of halogens is 2. The van der Waals surface area contributed by atoms with Crippen LogP contribution in [0.1, 0.15) is 0 Å². The largest absolute Gasteiger partial charge is 0.493 e. The number of anilines is 1. The van der Waals surface area contributed by atoms with Crippen LogP contribution in [-0.2, 0) is 4.79 Å². The Kier molecular flexibility index (Phi) is 6.61. The van der Waals surface area contributed by atoms with Gasteiger partial charge in [-0.3, -0.25) is 4.79 Å². The lowest BCUT2D eigenvalue weighted by atomic mass is 10.1. The van der Waals surface area contributed by atoms with Crippen molar-refractivity contribution in [3.05, 3.63) is 60.2 Å². The number of thioether (sulfide) groups is 1. The van der Waals surface area contributed by atoms with Gasteiger partial charge in [0.25, 0.3) is 0 Å². The van der Waals surface area contributed by atoms with Gasteiger partial charge in [0.1, 0.15) is 5.03 Å². The zero-order chi connectivity index (χ0) is 20.8. The van der Waals surface area contributed by atoms with Crippen LogP contribution in [0.4, 0.5) is 14.5 Å². The molecule has 1 N–H and O–H groups in total. The molecule has 9 heteroatoms. The number of amides is 1. The van der Waals surface area contributed by atoms with Gasteiger partial charge in [0, 0.05) is 17.3 Å². The minimum absolute atomic E-state index is 0.0450. The molecule has 0 aliphatic rings. The van der Waals surface area contributed by atoms with E-state index in [4.69, 9.17) is 9.47 Å². The molecule has 0 aliphatic heterocycles. The van der Waals surface area contributed by atoms with E-state index < -0.39 is 11.6 Å². The Bertz CT molecular complexity index is 1020. The monoisotopic (exact) mass is 417 g/mol. The fourth-order valence-electron chi connectivity index (χ4n) is 2.46. The molecule has 0 spiro atoms. The lowest BCUT2D eigenvalue weighted by molar-refractivity contribution is -0.113. The van der Waals surface area contributed by atoms with Crippen molar-refractivity contribution in [1.29, 1.82) is 0 Å². The fourth-order valence-corrected chi connectivity index (χ4v) is 3.07. The van der Waals surface area contributed by atoms with E-state index in [0.717, 1.165) is 17.7 Å². The SMILES string of the molecule is COc1ccc(-c2ccc(SCC(=O)Nc3ccc(F)c(F)c3)nn2)cc1OC. The number of rotatable bonds is 7. The highest BCUT2D eigenvalue weighted by molar-refractivity contribution is 7.99. The highest BCUT2D eigenvalue weighted by atomic mass is 32.2. The summed E-state index contributed by atoms with van der Waals surface area (Å²) < 4.78 is 36.6. The third kappa shape index (κ3) is 5.20. The van der Waals surface area contributed by atoms with E-state index in [1.807, 2.05) is 6.07 Å². The van der Waals surface area contributed by atoms with Gasteiger partial charge < -0.3 is 14.8 Å². The molecule has 0 radical (unpaired) electrons.